The van der Waals surface area contributed by atoms with Gasteiger partial charge in [0.1, 0.15) is 5.75 Å². The third kappa shape index (κ3) is 4.72. The molecule has 3 unspecified atom stereocenters. The molecule has 2 nitrogen and oxygen atoms in total. The molecule has 0 amide bonds. The van der Waals surface area contributed by atoms with Crippen LogP contribution in [0.15, 0.2) is 22.7 Å². The highest BCUT2D eigenvalue weighted by Crippen LogP contribution is 2.35. The monoisotopic (exact) mass is 353 g/mol. The van der Waals surface area contributed by atoms with E-state index in [1.54, 1.807) is 7.11 Å². The van der Waals surface area contributed by atoms with E-state index >= 15 is 0 Å². The molecule has 1 aliphatic carbocycles. The Kier molecular flexibility index (Phi) is 6.56. The van der Waals surface area contributed by atoms with Gasteiger partial charge >= 0.3 is 0 Å². The lowest BCUT2D eigenvalue weighted by atomic mass is 9.91. The van der Waals surface area contributed by atoms with E-state index in [0.717, 1.165) is 35.0 Å². The molecule has 1 aromatic carbocycles. The Labute approximate surface area is 137 Å². The van der Waals surface area contributed by atoms with E-state index in [1.165, 1.54) is 31.2 Å². The summed E-state index contributed by atoms with van der Waals surface area (Å²) in [5.74, 6) is 2.69. The van der Waals surface area contributed by atoms with Gasteiger partial charge in [-0.25, -0.2) is 0 Å². The van der Waals surface area contributed by atoms with Gasteiger partial charge in [-0.2, -0.15) is 0 Å². The van der Waals surface area contributed by atoms with Crippen molar-refractivity contribution in [2.75, 3.05) is 13.7 Å². The lowest BCUT2D eigenvalue weighted by Gasteiger charge is -2.26. The van der Waals surface area contributed by atoms with Crippen LogP contribution in [0, 0.1) is 11.8 Å². The Hall–Kier alpha value is -0.540. The highest BCUT2D eigenvalue weighted by atomic mass is 79.9. The van der Waals surface area contributed by atoms with Gasteiger partial charge in [0.2, 0.25) is 0 Å². The average molecular weight is 354 g/mol. The molecule has 0 aromatic heterocycles. The van der Waals surface area contributed by atoms with Crippen LogP contribution in [0.4, 0.5) is 0 Å². The zero-order chi connectivity index (χ0) is 15.2. The second kappa shape index (κ2) is 8.19. The van der Waals surface area contributed by atoms with Gasteiger partial charge in [0.25, 0.3) is 0 Å². The Bertz CT molecular complexity index is 449. The number of halogens is 1. The quantitative estimate of drug-likeness (QED) is 0.759. The standard InChI is InChI=1S/C18H28BrNO/c1-4-9-20-17(14-6-5-13(2)10-14)12-15-11-16(19)7-8-18(15)21-3/h7-8,11,13-14,17,20H,4-6,9-10,12H2,1-3H3. The van der Waals surface area contributed by atoms with Gasteiger partial charge in [-0.3, -0.25) is 0 Å². The fourth-order valence-electron chi connectivity index (χ4n) is 3.50. The topological polar surface area (TPSA) is 21.3 Å². The van der Waals surface area contributed by atoms with Crippen LogP contribution in [0.2, 0.25) is 0 Å². The number of nitrogens with one attached hydrogen (secondary N) is 1. The molecular formula is C18H28BrNO. The molecule has 3 heteroatoms. The summed E-state index contributed by atoms with van der Waals surface area (Å²) in [4.78, 5) is 0. The van der Waals surface area contributed by atoms with Crippen molar-refractivity contribution in [3.05, 3.63) is 28.2 Å². The molecule has 1 aliphatic rings. The number of benzene rings is 1. The van der Waals surface area contributed by atoms with Crippen LogP contribution in [0.5, 0.6) is 5.75 Å². The van der Waals surface area contributed by atoms with Crippen LogP contribution in [0.1, 0.15) is 45.1 Å². The summed E-state index contributed by atoms with van der Waals surface area (Å²) in [6.07, 6.45) is 6.34. The molecule has 0 radical (unpaired) electrons. The molecule has 1 aromatic rings. The second-order valence-electron chi connectivity index (χ2n) is 6.40. The maximum absolute atomic E-state index is 5.54. The molecule has 0 spiro atoms. The van der Waals surface area contributed by atoms with Crippen LogP contribution in [-0.2, 0) is 6.42 Å². The molecule has 118 valence electrons. The van der Waals surface area contributed by atoms with E-state index in [9.17, 15) is 0 Å². The molecule has 1 saturated carbocycles. The first-order valence-corrected chi connectivity index (χ1v) is 8.99. The van der Waals surface area contributed by atoms with E-state index in [0.29, 0.717) is 6.04 Å². The second-order valence-corrected chi connectivity index (χ2v) is 7.31. The first kappa shape index (κ1) is 16.8. The van der Waals surface area contributed by atoms with Gasteiger partial charge in [0.05, 0.1) is 7.11 Å². The van der Waals surface area contributed by atoms with Crippen LogP contribution in [0.3, 0.4) is 0 Å². The summed E-state index contributed by atoms with van der Waals surface area (Å²) < 4.78 is 6.67. The van der Waals surface area contributed by atoms with Crippen LogP contribution in [-0.4, -0.2) is 19.7 Å². The molecular weight excluding hydrogens is 326 g/mol. The van der Waals surface area contributed by atoms with Gasteiger partial charge < -0.3 is 10.1 Å². The normalized spacial score (nSPS) is 23.2. The summed E-state index contributed by atoms with van der Waals surface area (Å²) in [6.45, 7) is 5.73. The van der Waals surface area contributed by atoms with Crippen molar-refractivity contribution in [2.45, 2.75) is 52.0 Å². The summed E-state index contributed by atoms with van der Waals surface area (Å²) >= 11 is 3.59. The molecule has 3 atom stereocenters. The zero-order valence-corrected chi connectivity index (χ0v) is 15.1. The molecule has 1 fully saturated rings. The third-order valence-electron chi connectivity index (χ3n) is 4.64. The van der Waals surface area contributed by atoms with Crippen molar-refractivity contribution >= 4 is 15.9 Å². The number of hydrogen-bond acceptors (Lipinski definition) is 2. The van der Waals surface area contributed by atoms with Gasteiger partial charge in [-0.05, 0) is 67.8 Å². The minimum absolute atomic E-state index is 0.568. The maximum Gasteiger partial charge on any atom is 0.122 e. The summed E-state index contributed by atoms with van der Waals surface area (Å²) in [7, 11) is 1.76. The predicted octanol–water partition coefficient (Wildman–Crippen LogP) is 4.80. The molecule has 21 heavy (non-hydrogen) atoms. The van der Waals surface area contributed by atoms with E-state index in [1.807, 2.05) is 0 Å². The largest absolute Gasteiger partial charge is 0.496 e. The maximum atomic E-state index is 5.54. The van der Waals surface area contributed by atoms with Gasteiger partial charge in [0, 0.05) is 10.5 Å². The van der Waals surface area contributed by atoms with Gasteiger partial charge in [-0.15, -0.1) is 0 Å². The predicted molar refractivity (Wildman–Crippen MR) is 93.0 cm³/mol. The molecule has 2 rings (SSSR count). The van der Waals surface area contributed by atoms with Crippen LogP contribution < -0.4 is 10.1 Å². The molecule has 0 aliphatic heterocycles. The summed E-state index contributed by atoms with van der Waals surface area (Å²) in [6, 6.07) is 6.89. The highest BCUT2D eigenvalue weighted by molar-refractivity contribution is 9.10. The van der Waals surface area contributed by atoms with Crippen LogP contribution >= 0.6 is 15.9 Å². The van der Waals surface area contributed by atoms with E-state index in [2.05, 4.69) is 53.3 Å². The molecule has 0 saturated heterocycles. The minimum Gasteiger partial charge on any atom is -0.496 e. The fraction of sp³-hybridized carbons (Fsp3) is 0.667. The number of methoxy groups -OCH3 is 1. The Morgan fingerprint density at radius 3 is 2.81 bits per heavy atom. The van der Waals surface area contributed by atoms with Crippen molar-refractivity contribution < 1.29 is 4.74 Å². The number of hydrogen-bond donors (Lipinski definition) is 1. The zero-order valence-electron chi connectivity index (χ0n) is 13.5. The molecule has 0 heterocycles. The number of rotatable bonds is 7. The van der Waals surface area contributed by atoms with E-state index in [4.69, 9.17) is 4.74 Å². The third-order valence-corrected chi connectivity index (χ3v) is 5.14. The summed E-state index contributed by atoms with van der Waals surface area (Å²) in [5, 5.41) is 3.78. The van der Waals surface area contributed by atoms with Gasteiger partial charge in [-0.1, -0.05) is 36.2 Å². The SMILES string of the molecule is CCCNC(Cc1cc(Br)ccc1OC)C1CCC(C)C1. The molecule has 0 bridgehead atoms. The first-order chi connectivity index (χ1) is 10.1. The Morgan fingerprint density at radius 2 is 2.19 bits per heavy atom. The lowest BCUT2D eigenvalue weighted by molar-refractivity contribution is 0.342. The van der Waals surface area contributed by atoms with Crippen molar-refractivity contribution in [1.29, 1.82) is 0 Å². The van der Waals surface area contributed by atoms with Crippen molar-refractivity contribution in [2.24, 2.45) is 11.8 Å². The smallest absolute Gasteiger partial charge is 0.122 e. The van der Waals surface area contributed by atoms with Crippen molar-refractivity contribution in [3.8, 4) is 5.75 Å². The van der Waals surface area contributed by atoms with Crippen molar-refractivity contribution in [1.82, 2.24) is 5.32 Å². The fourth-order valence-corrected chi connectivity index (χ4v) is 3.90. The highest BCUT2D eigenvalue weighted by Gasteiger charge is 2.29. The average Bonchev–Trinajstić information content (AvgIpc) is 2.90. The lowest BCUT2D eigenvalue weighted by Crippen LogP contribution is -2.37. The van der Waals surface area contributed by atoms with E-state index in [-0.39, 0.29) is 0 Å². The van der Waals surface area contributed by atoms with Crippen molar-refractivity contribution in [3.63, 3.8) is 0 Å². The summed E-state index contributed by atoms with van der Waals surface area (Å²) in [5.41, 5.74) is 1.31. The van der Waals surface area contributed by atoms with Gasteiger partial charge in [0.15, 0.2) is 0 Å². The first-order valence-electron chi connectivity index (χ1n) is 8.19. The Balaban J connectivity index is 2.12. The molecule has 1 N–H and O–H groups in total. The van der Waals surface area contributed by atoms with E-state index < -0.39 is 0 Å². The van der Waals surface area contributed by atoms with Crippen LogP contribution in [0.25, 0.3) is 0 Å². The number of ether oxygens (including phenoxy) is 1. The Morgan fingerprint density at radius 1 is 1.38 bits per heavy atom. The minimum atomic E-state index is 0.568.